The second kappa shape index (κ2) is 14.0. The molecular weight excluding hydrogens is 749 g/mol. The van der Waals surface area contributed by atoms with E-state index < -0.39 is 8.07 Å². The molecular formula is C39H40IrN2SSi-2. The second-order valence-electron chi connectivity index (χ2n) is 13.0. The predicted octanol–water partition coefficient (Wildman–Crippen LogP) is 10.8. The molecule has 0 N–H and O–H groups in total. The maximum Gasteiger partial charge on any atom is 0.0776 e. The average Bonchev–Trinajstić information content (AvgIpc) is 3.70. The van der Waals surface area contributed by atoms with Crippen LogP contribution in [0.2, 0.25) is 19.6 Å². The summed E-state index contributed by atoms with van der Waals surface area (Å²) in [4.78, 5) is 9.29. The van der Waals surface area contributed by atoms with Gasteiger partial charge in [-0.1, -0.05) is 93.3 Å². The third-order valence-corrected chi connectivity index (χ3v) is 11.8. The van der Waals surface area contributed by atoms with Gasteiger partial charge in [0.2, 0.25) is 0 Å². The van der Waals surface area contributed by atoms with Crippen molar-refractivity contribution < 1.29 is 20.1 Å². The molecule has 1 radical (unpaired) electrons. The molecule has 2 nitrogen and oxygen atoms in total. The minimum atomic E-state index is -1.31. The van der Waals surface area contributed by atoms with Gasteiger partial charge in [-0.05, 0) is 63.3 Å². The van der Waals surface area contributed by atoms with E-state index in [1.54, 1.807) is 0 Å². The van der Waals surface area contributed by atoms with Gasteiger partial charge in [-0.2, -0.15) is 11.3 Å². The fourth-order valence-corrected chi connectivity index (χ4v) is 8.42. The van der Waals surface area contributed by atoms with Gasteiger partial charge in [0, 0.05) is 37.2 Å². The summed E-state index contributed by atoms with van der Waals surface area (Å²) in [6.07, 6.45) is 9.41. The monoisotopic (exact) mass is 789 g/mol. The van der Waals surface area contributed by atoms with E-state index in [4.69, 9.17) is 4.98 Å². The third kappa shape index (κ3) is 7.13. The van der Waals surface area contributed by atoms with E-state index in [0.29, 0.717) is 11.8 Å². The van der Waals surface area contributed by atoms with Crippen LogP contribution < -0.4 is 5.19 Å². The van der Waals surface area contributed by atoms with Gasteiger partial charge in [0.25, 0.3) is 0 Å². The summed E-state index contributed by atoms with van der Waals surface area (Å²) >= 11 is 1.89. The van der Waals surface area contributed by atoms with Crippen LogP contribution in [0.25, 0.3) is 42.7 Å². The van der Waals surface area contributed by atoms with E-state index in [2.05, 4.69) is 111 Å². The Kier molecular flexibility index (Phi) is 10.3. The van der Waals surface area contributed by atoms with Gasteiger partial charge in [-0.15, -0.1) is 59.7 Å². The molecule has 1 aliphatic carbocycles. The summed E-state index contributed by atoms with van der Waals surface area (Å²) in [7, 11) is -1.31. The van der Waals surface area contributed by atoms with Crippen molar-refractivity contribution in [1.29, 1.82) is 0 Å². The summed E-state index contributed by atoms with van der Waals surface area (Å²) in [5.74, 6) is 1.25. The van der Waals surface area contributed by atoms with E-state index in [1.807, 2.05) is 41.8 Å². The van der Waals surface area contributed by atoms with Crippen molar-refractivity contribution in [2.24, 2.45) is 0 Å². The SMILES string of the molecule is CC(C)c1ccc(-c2[c-]cccc2)nc1.C[Si](C)(C)c1ccc2c(c1)sc1c(-c3ccc(C4CCCC4)cn3)[c-]ccc12.[Ir]. The number of nitrogens with zero attached hydrogens (tertiary/aromatic N) is 2. The van der Waals surface area contributed by atoms with Gasteiger partial charge >= 0.3 is 0 Å². The maximum absolute atomic E-state index is 4.85. The molecule has 1 aliphatic rings. The van der Waals surface area contributed by atoms with Crippen LogP contribution in [0.1, 0.15) is 62.5 Å². The molecule has 3 aromatic heterocycles. The number of thiophene rings is 1. The molecule has 227 valence electrons. The molecule has 44 heavy (non-hydrogen) atoms. The van der Waals surface area contributed by atoms with Crippen molar-refractivity contribution in [1.82, 2.24) is 9.97 Å². The minimum Gasteiger partial charge on any atom is -0.304 e. The van der Waals surface area contributed by atoms with Gasteiger partial charge in [0.15, 0.2) is 0 Å². The molecule has 0 unspecified atom stereocenters. The fraction of sp³-hybridized carbons (Fsp3) is 0.282. The zero-order valence-corrected chi connectivity index (χ0v) is 30.5. The molecule has 3 heterocycles. The third-order valence-electron chi connectivity index (χ3n) is 8.61. The molecule has 0 atom stereocenters. The first-order valence-electron chi connectivity index (χ1n) is 15.5. The molecule has 3 aromatic carbocycles. The van der Waals surface area contributed by atoms with E-state index in [1.165, 1.54) is 62.2 Å². The maximum atomic E-state index is 4.85. The molecule has 6 aromatic rings. The number of hydrogen-bond acceptors (Lipinski definition) is 3. The van der Waals surface area contributed by atoms with Crippen molar-refractivity contribution in [3.8, 4) is 22.5 Å². The van der Waals surface area contributed by atoms with Crippen LogP contribution in [-0.2, 0) is 20.1 Å². The number of benzene rings is 3. The van der Waals surface area contributed by atoms with Crippen LogP contribution in [0.15, 0.2) is 91.3 Å². The molecule has 0 spiro atoms. The number of pyridine rings is 2. The van der Waals surface area contributed by atoms with Crippen LogP contribution in [-0.4, -0.2) is 18.0 Å². The molecule has 7 rings (SSSR count). The fourth-order valence-electron chi connectivity index (χ4n) is 5.91. The van der Waals surface area contributed by atoms with Gasteiger partial charge in [0.05, 0.1) is 8.07 Å². The number of aromatic nitrogens is 2. The predicted molar refractivity (Wildman–Crippen MR) is 188 cm³/mol. The van der Waals surface area contributed by atoms with E-state index in [9.17, 15) is 0 Å². The molecule has 0 aliphatic heterocycles. The number of rotatable bonds is 5. The largest absolute Gasteiger partial charge is 0.304 e. The Morgan fingerprint density at radius 1 is 0.795 bits per heavy atom. The average molecular weight is 789 g/mol. The quantitative estimate of drug-likeness (QED) is 0.128. The first kappa shape index (κ1) is 32.4. The summed E-state index contributed by atoms with van der Waals surface area (Å²) in [5.41, 5.74) is 6.91. The first-order valence-corrected chi connectivity index (χ1v) is 19.9. The first-order chi connectivity index (χ1) is 20.8. The van der Waals surface area contributed by atoms with E-state index in [-0.39, 0.29) is 20.1 Å². The number of fused-ring (bicyclic) bond motifs is 3. The normalized spacial score (nSPS) is 13.6. The molecule has 0 saturated heterocycles. The van der Waals surface area contributed by atoms with Crippen LogP contribution in [0.5, 0.6) is 0 Å². The zero-order valence-electron chi connectivity index (χ0n) is 26.3. The van der Waals surface area contributed by atoms with Gasteiger partial charge in [-0.25, -0.2) is 0 Å². The smallest absolute Gasteiger partial charge is 0.0776 e. The van der Waals surface area contributed by atoms with Gasteiger partial charge in [-0.3, -0.25) is 0 Å². The number of hydrogen-bond donors (Lipinski definition) is 0. The van der Waals surface area contributed by atoms with Crippen LogP contribution >= 0.6 is 11.3 Å². The Bertz CT molecular complexity index is 1820. The molecule has 5 heteroatoms. The van der Waals surface area contributed by atoms with Gasteiger partial charge in [0.1, 0.15) is 0 Å². The van der Waals surface area contributed by atoms with Crippen LogP contribution in [0.4, 0.5) is 0 Å². The van der Waals surface area contributed by atoms with Crippen molar-refractivity contribution in [3.63, 3.8) is 0 Å². The van der Waals surface area contributed by atoms with Crippen LogP contribution in [0.3, 0.4) is 0 Å². The summed E-state index contributed by atoms with van der Waals surface area (Å²) in [5, 5.41) is 4.22. The van der Waals surface area contributed by atoms with Crippen molar-refractivity contribution in [3.05, 3.63) is 115 Å². The minimum absolute atomic E-state index is 0. The van der Waals surface area contributed by atoms with Crippen molar-refractivity contribution >= 4 is 44.8 Å². The van der Waals surface area contributed by atoms with E-state index >= 15 is 0 Å². The molecule has 1 saturated carbocycles. The summed E-state index contributed by atoms with van der Waals surface area (Å²) in [6, 6.07) is 34.6. The Morgan fingerprint density at radius 3 is 2.20 bits per heavy atom. The second-order valence-corrected chi connectivity index (χ2v) is 19.2. The van der Waals surface area contributed by atoms with Crippen LogP contribution in [0, 0.1) is 12.1 Å². The zero-order chi connectivity index (χ0) is 30.0. The standard InChI is InChI=1S/C25H26NSSi.C14H14N.Ir/c1-28(2,3)19-12-13-20-21-9-6-10-22(25(21)27-24(20)15-19)23-14-11-18(16-26-23)17-7-4-5-8-17;1-11(2)13-8-9-14(15-10-13)12-6-4-3-5-7-12;/h6,9,11-17H,4-5,7-8H2,1-3H3;3-6,8-11H,1-2H3;/q2*-1;. The Labute approximate surface area is 281 Å². The molecule has 0 amide bonds. The summed E-state index contributed by atoms with van der Waals surface area (Å²) in [6.45, 7) is 11.6. The van der Waals surface area contributed by atoms with E-state index in [0.717, 1.165) is 22.5 Å². The van der Waals surface area contributed by atoms with Crippen molar-refractivity contribution in [2.75, 3.05) is 0 Å². The Hall–Kier alpha value is -2.95. The molecule has 1 fully saturated rings. The van der Waals surface area contributed by atoms with Gasteiger partial charge < -0.3 is 9.97 Å². The Morgan fingerprint density at radius 2 is 1.57 bits per heavy atom. The summed E-state index contributed by atoms with van der Waals surface area (Å²) < 4.78 is 2.70. The Balaban J connectivity index is 0.000000204. The van der Waals surface area contributed by atoms with Crippen molar-refractivity contribution in [2.45, 2.75) is 71.0 Å². The topological polar surface area (TPSA) is 25.8 Å². The molecule has 0 bridgehead atoms.